The van der Waals surface area contributed by atoms with Crippen molar-refractivity contribution in [3.63, 3.8) is 0 Å². The number of ether oxygens (including phenoxy) is 4. The fourth-order valence-corrected chi connectivity index (χ4v) is 5.36. The molecule has 0 spiro atoms. The van der Waals surface area contributed by atoms with Crippen molar-refractivity contribution in [2.24, 2.45) is 0 Å². The first-order valence-electron chi connectivity index (χ1n) is 16.5. The molecule has 2 N–H and O–H groups in total. The molecule has 2 unspecified atom stereocenters. The van der Waals surface area contributed by atoms with Crippen molar-refractivity contribution in [1.29, 1.82) is 0 Å². The predicted octanol–water partition coefficient (Wildman–Crippen LogP) is 2.72. The molecule has 0 amide bonds. The SMILES string of the molecule is CC(C)(C)OC(=O)CN(CC(=O)OC(C)(C)C)C1(C)CN(C(CC(=O)O)C(=O)OC(C)(C)C)CCN(C(CC(=O)O)C(=O)OC(C)(C)C)C1. The third kappa shape index (κ3) is 16.8. The molecule has 0 bridgehead atoms. The number of carbonyl (C=O) groups is 6. The molecule has 1 aliphatic heterocycles. The van der Waals surface area contributed by atoms with Crippen LogP contribution in [-0.4, -0.2) is 140 Å². The Balaban J connectivity index is 3.93. The lowest BCUT2D eigenvalue weighted by Gasteiger charge is -2.45. The Morgan fingerprint density at radius 1 is 0.592 bits per heavy atom. The Bertz CT molecular complexity index is 1120. The molecule has 1 saturated heterocycles. The standard InChI is InChI=1S/C34H59N3O12/c1-30(2,3)46-26(42)18-37(19-27(43)47-31(4,5)6)34(13)20-35(22(16-24(38)39)28(44)48-32(7,8)9)14-15-36(21-34)23(17-25(40)41)29(45)49-33(10,11)12/h22-23H,14-21H2,1-13H3,(H,38,39)(H,40,41). The fourth-order valence-electron chi connectivity index (χ4n) is 5.36. The lowest BCUT2D eigenvalue weighted by Crippen LogP contribution is -2.63. The van der Waals surface area contributed by atoms with Crippen molar-refractivity contribution in [2.75, 3.05) is 39.3 Å². The van der Waals surface area contributed by atoms with Crippen molar-refractivity contribution < 1.29 is 57.9 Å². The molecule has 0 aromatic heterocycles. The molecule has 1 heterocycles. The minimum Gasteiger partial charge on any atom is -0.481 e. The Morgan fingerprint density at radius 3 is 1.12 bits per heavy atom. The molecule has 0 saturated carbocycles. The first-order chi connectivity index (χ1) is 21.9. The summed E-state index contributed by atoms with van der Waals surface area (Å²) in [5.74, 6) is -5.49. The van der Waals surface area contributed by atoms with E-state index in [9.17, 15) is 39.0 Å². The van der Waals surface area contributed by atoms with E-state index in [1.54, 1.807) is 99.8 Å². The normalized spacial score (nSPS) is 19.7. The minimum atomic E-state index is -1.32. The monoisotopic (exact) mass is 701 g/mol. The summed E-state index contributed by atoms with van der Waals surface area (Å²) < 4.78 is 22.4. The highest BCUT2D eigenvalue weighted by Crippen LogP contribution is 2.28. The molecule has 2 atom stereocenters. The van der Waals surface area contributed by atoms with Gasteiger partial charge in [0.2, 0.25) is 0 Å². The fraction of sp³-hybridized carbons (Fsp3) is 0.824. The van der Waals surface area contributed by atoms with Crippen LogP contribution in [0.1, 0.15) is 103 Å². The third-order valence-corrected chi connectivity index (χ3v) is 6.98. The third-order valence-electron chi connectivity index (χ3n) is 6.98. The number of hydrogen-bond donors (Lipinski definition) is 2. The lowest BCUT2D eigenvalue weighted by atomic mass is 9.95. The minimum absolute atomic E-state index is 0.00158. The van der Waals surface area contributed by atoms with Gasteiger partial charge >= 0.3 is 35.8 Å². The number of carboxylic acid groups (broad SMARTS) is 2. The number of nitrogens with zero attached hydrogens (tertiary/aromatic N) is 3. The number of esters is 4. The number of carboxylic acids is 2. The molecule has 0 aliphatic carbocycles. The topological polar surface area (TPSA) is 190 Å². The van der Waals surface area contributed by atoms with E-state index in [0.29, 0.717) is 0 Å². The highest BCUT2D eigenvalue weighted by atomic mass is 16.6. The van der Waals surface area contributed by atoms with Crippen LogP contribution in [0.15, 0.2) is 0 Å². The largest absolute Gasteiger partial charge is 0.481 e. The molecule has 49 heavy (non-hydrogen) atoms. The van der Waals surface area contributed by atoms with Crippen molar-refractivity contribution >= 4 is 35.8 Å². The quantitative estimate of drug-likeness (QED) is 0.210. The molecule has 0 aromatic rings. The van der Waals surface area contributed by atoms with E-state index in [-0.39, 0.29) is 26.2 Å². The zero-order chi connectivity index (χ0) is 38.3. The van der Waals surface area contributed by atoms with Gasteiger partial charge in [-0.3, -0.25) is 43.5 Å². The molecule has 0 radical (unpaired) electrons. The number of carbonyl (C=O) groups excluding carboxylic acids is 4. The zero-order valence-corrected chi connectivity index (χ0v) is 31.6. The van der Waals surface area contributed by atoms with Gasteiger partial charge < -0.3 is 29.2 Å². The van der Waals surface area contributed by atoms with Gasteiger partial charge in [-0.2, -0.15) is 0 Å². The molecule has 1 rings (SSSR count). The summed E-state index contributed by atoms with van der Waals surface area (Å²) in [4.78, 5) is 82.5. The van der Waals surface area contributed by atoms with Gasteiger partial charge in [0.1, 0.15) is 34.5 Å². The van der Waals surface area contributed by atoms with Crippen LogP contribution >= 0.6 is 0 Å². The van der Waals surface area contributed by atoms with Crippen molar-refractivity contribution in [3.8, 4) is 0 Å². The maximum atomic E-state index is 13.5. The van der Waals surface area contributed by atoms with E-state index < -0.39 is 102 Å². The van der Waals surface area contributed by atoms with E-state index in [2.05, 4.69) is 0 Å². The van der Waals surface area contributed by atoms with Crippen molar-refractivity contribution in [2.45, 2.75) is 143 Å². The van der Waals surface area contributed by atoms with Gasteiger partial charge in [0.25, 0.3) is 0 Å². The Hall–Kier alpha value is -3.30. The van der Waals surface area contributed by atoms with Gasteiger partial charge in [0, 0.05) is 31.7 Å². The Labute approximate surface area is 290 Å². The zero-order valence-electron chi connectivity index (χ0n) is 31.6. The summed E-state index contributed by atoms with van der Waals surface area (Å²) in [5, 5.41) is 19.7. The second-order valence-corrected chi connectivity index (χ2v) is 16.8. The maximum Gasteiger partial charge on any atom is 0.324 e. The van der Waals surface area contributed by atoms with Crippen LogP contribution in [0.5, 0.6) is 0 Å². The second-order valence-electron chi connectivity index (χ2n) is 16.8. The summed E-state index contributed by atoms with van der Waals surface area (Å²) in [6.45, 7) is 20.7. The van der Waals surface area contributed by atoms with Crippen LogP contribution in [0.25, 0.3) is 0 Å². The summed E-state index contributed by atoms with van der Waals surface area (Å²) in [5.41, 5.74) is -4.95. The molecular formula is C34H59N3O12. The van der Waals surface area contributed by atoms with Gasteiger partial charge in [-0.1, -0.05) is 0 Å². The summed E-state index contributed by atoms with van der Waals surface area (Å²) >= 11 is 0. The molecule has 1 aliphatic rings. The van der Waals surface area contributed by atoms with Gasteiger partial charge in [0.05, 0.1) is 25.9 Å². The van der Waals surface area contributed by atoms with E-state index >= 15 is 0 Å². The van der Waals surface area contributed by atoms with Crippen molar-refractivity contribution in [3.05, 3.63) is 0 Å². The molecular weight excluding hydrogens is 642 g/mol. The summed E-state index contributed by atoms with van der Waals surface area (Å²) in [6, 6.07) is -2.61. The highest BCUT2D eigenvalue weighted by Gasteiger charge is 2.47. The molecule has 1 fully saturated rings. The summed E-state index contributed by atoms with van der Waals surface area (Å²) in [6.07, 6.45) is -1.26. The van der Waals surface area contributed by atoms with Gasteiger partial charge in [0.15, 0.2) is 0 Å². The maximum absolute atomic E-state index is 13.5. The number of rotatable bonds is 13. The Kier molecular flexibility index (Phi) is 14.8. The van der Waals surface area contributed by atoms with Gasteiger partial charge in [-0.05, 0) is 90.0 Å². The van der Waals surface area contributed by atoms with Gasteiger partial charge in [-0.15, -0.1) is 0 Å². The lowest BCUT2D eigenvalue weighted by molar-refractivity contribution is -0.168. The highest BCUT2D eigenvalue weighted by molar-refractivity contribution is 5.83. The second kappa shape index (κ2) is 16.6. The smallest absolute Gasteiger partial charge is 0.324 e. The van der Waals surface area contributed by atoms with E-state index in [1.165, 1.54) is 4.90 Å². The summed E-state index contributed by atoms with van der Waals surface area (Å²) in [7, 11) is 0. The van der Waals surface area contributed by atoms with Crippen LogP contribution in [-0.2, 0) is 47.7 Å². The number of aliphatic carboxylic acids is 2. The molecule has 282 valence electrons. The first-order valence-corrected chi connectivity index (χ1v) is 16.5. The van der Waals surface area contributed by atoms with E-state index in [1.807, 2.05) is 0 Å². The first kappa shape index (κ1) is 43.7. The molecule has 15 nitrogen and oxygen atoms in total. The van der Waals surface area contributed by atoms with Crippen LogP contribution in [0.2, 0.25) is 0 Å². The van der Waals surface area contributed by atoms with Crippen LogP contribution in [0, 0.1) is 0 Å². The average molecular weight is 702 g/mol. The average Bonchev–Trinajstić information content (AvgIpc) is 3.00. The van der Waals surface area contributed by atoms with Gasteiger partial charge in [-0.25, -0.2) is 0 Å². The van der Waals surface area contributed by atoms with Crippen LogP contribution in [0.4, 0.5) is 0 Å². The number of hydrogen-bond acceptors (Lipinski definition) is 13. The molecule has 0 aromatic carbocycles. The molecule has 15 heteroatoms. The van der Waals surface area contributed by atoms with E-state index in [4.69, 9.17) is 18.9 Å². The Morgan fingerprint density at radius 2 is 0.878 bits per heavy atom. The van der Waals surface area contributed by atoms with Crippen molar-refractivity contribution in [1.82, 2.24) is 14.7 Å². The van der Waals surface area contributed by atoms with Crippen LogP contribution < -0.4 is 0 Å². The van der Waals surface area contributed by atoms with Crippen LogP contribution in [0.3, 0.4) is 0 Å². The van der Waals surface area contributed by atoms with E-state index in [0.717, 1.165) is 0 Å². The predicted molar refractivity (Wildman–Crippen MR) is 179 cm³/mol.